The third-order valence-corrected chi connectivity index (χ3v) is 4.19. The summed E-state index contributed by atoms with van der Waals surface area (Å²) in [4.78, 5) is 0. The van der Waals surface area contributed by atoms with E-state index in [4.69, 9.17) is 10.00 Å². The van der Waals surface area contributed by atoms with Crippen molar-refractivity contribution in [3.8, 4) is 40.0 Å². The Hall–Kier alpha value is -4.05. The zero-order valence-corrected chi connectivity index (χ0v) is 14.7. The Morgan fingerprint density at radius 2 is 1.57 bits per heavy atom. The van der Waals surface area contributed by atoms with E-state index in [2.05, 4.69) is 15.5 Å². The monoisotopic (exact) mass is 371 g/mol. The van der Waals surface area contributed by atoms with Gasteiger partial charge >= 0.3 is 0 Å². The molecule has 6 nitrogen and oxygen atoms in total. The third-order valence-electron chi connectivity index (χ3n) is 4.19. The first-order valence-corrected chi connectivity index (χ1v) is 8.51. The molecule has 0 saturated carbocycles. The molecule has 0 amide bonds. The molecule has 0 unspecified atom stereocenters. The summed E-state index contributed by atoms with van der Waals surface area (Å²) < 4.78 is 21.2. The Labute approximate surface area is 160 Å². The number of ether oxygens (including phenoxy) is 1. The molecule has 136 valence electrons. The number of nitrogens with zero attached hydrogens (tertiary/aromatic N) is 5. The largest absolute Gasteiger partial charge is 0.478 e. The summed E-state index contributed by atoms with van der Waals surface area (Å²) in [5, 5.41) is 20.7. The van der Waals surface area contributed by atoms with Crippen molar-refractivity contribution in [2.45, 2.75) is 0 Å². The molecule has 0 radical (unpaired) electrons. The van der Waals surface area contributed by atoms with E-state index in [0.29, 0.717) is 17.1 Å². The molecule has 4 rings (SSSR count). The van der Waals surface area contributed by atoms with E-state index < -0.39 is 5.82 Å². The number of hydrogen-bond donors (Lipinski definition) is 0. The third kappa shape index (κ3) is 3.19. The summed E-state index contributed by atoms with van der Waals surface area (Å²) in [6, 6.07) is 23.2. The van der Waals surface area contributed by atoms with Crippen LogP contribution >= 0.6 is 0 Å². The molecular formula is C21H14FN5O. The smallest absolute Gasteiger partial charge is 0.187 e. The van der Waals surface area contributed by atoms with Crippen LogP contribution in [0.3, 0.4) is 0 Å². The van der Waals surface area contributed by atoms with Crippen molar-refractivity contribution in [2.24, 2.45) is 0 Å². The van der Waals surface area contributed by atoms with Crippen molar-refractivity contribution in [2.75, 3.05) is 6.61 Å². The molecule has 28 heavy (non-hydrogen) atoms. The highest BCUT2D eigenvalue weighted by molar-refractivity contribution is 5.84. The van der Waals surface area contributed by atoms with Gasteiger partial charge in [-0.2, -0.15) is 9.94 Å². The van der Waals surface area contributed by atoms with E-state index in [1.54, 1.807) is 24.3 Å². The van der Waals surface area contributed by atoms with Gasteiger partial charge in [0.05, 0.1) is 0 Å². The Bertz CT molecular complexity index is 1170. The van der Waals surface area contributed by atoms with Crippen LogP contribution in [0.4, 0.5) is 4.39 Å². The number of para-hydroxylation sites is 2. The molecule has 0 saturated heterocycles. The highest BCUT2D eigenvalue weighted by Crippen LogP contribution is 2.36. The van der Waals surface area contributed by atoms with E-state index in [9.17, 15) is 4.39 Å². The predicted octanol–water partition coefficient (Wildman–Crippen LogP) is 4.04. The number of hydrogen-bond acceptors (Lipinski definition) is 5. The van der Waals surface area contributed by atoms with Gasteiger partial charge in [0.1, 0.15) is 23.3 Å². The van der Waals surface area contributed by atoms with E-state index in [1.165, 1.54) is 10.7 Å². The maximum atomic E-state index is 14.3. The molecule has 1 heterocycles. The minimum atomic E-state index is -0.425. The number of aromatic nitrogens is 4. The second-order valence-electron chi connectivity index (χ2n) is 5.85. The summed E-state index contributed by atoms with van der Waals surface area (Å²) in [5.74, 6) is 0.545. The van der Waals surface area contributed by atoms with Gasteiger partial charge in [0.25, 0.3) is 0 Å². The summed E-state index contributed by atoms with van der Waals surface area (Å²) in [6.07, 6.45) is 0. The number of halogens is 1. The van der Waals surface area contributed by atoms with Crippen molar-refractivity contribution < 1.29 is 9.13 Å². The van der Waals surface area contributed by atoms with Gasteiger partial charge in [0.15, 0.2) is 12.4 Å². The first kappa shape index (κ1) is 17.4. The fraction of sp³-hybridized carbons (Fsp3) is 0.0476. The summed E-state index contributed by atoms with van der Waals surface area (Å²) in [7, 11) is 0. The standard InChI is InChI=1S/C21H14FN5O/c22-18-10-4-5-11-19(18)27-21(24-25-26-27)17-9-2-1-7-15(17)16-8-3-6-12-20(16)28-14-13-23/h1-12H,14H2. The second kappa shape index (κ2) is 7.68. The van der Waals surface area contributed by atoms with Crippen molar-refractivity contribution >= 4 is 0 Å². The van der Waals surface area contributed by atoms with Crippen molar-refractivity contribution in [1.29, 1.82) is 5.26 Å². The molecule has 0 aliphatic heterocycles. The predicted molar refractivity (Wildman–Crippen MR) is 101 cm³/mol. The average Bonchev–Trinajstić information content (AvgIpc) is 3.22. The maximum Gasteiger partial charge on any atom is 0.187 e. The number of rotatable bonds is 5. The van der Waals surface area contributed by atoms with Crippen LogP contribution in [0, 0.1) is 17.1 Å². The second-order valence-corrected chi connectivity index (χ2v) is 5.85. The highest BCUT2D eigenvalue weighted by Gasteiger charge is 2.18. The maximum absolute atomic E-state index is 14.3. The lowest BCUT2D eigenvalue weighted by Crippen LogP contribution is -2.03. The molecule has 0 bridgehead atoms. The van der Waals surface area contributed by atoms with Crippen molar-refractivity contribution in [1.82, 2.24) is 20.2 Å². The quantitative estimate of drug-likeness (QED) is 0.529. The Balaban J connectivity index is 1.88. The molecule has 0 fully saturated rings. The zero-order chi connectivity index (χ0) is 19.3. The Morgan fingerprint density at radius 1 is 0.893 bits per heavy atom. The van der Waals surface area contributed by atoms with Crippen LogP contribution in [0.15, 0.2) is 72.8 Å². The van der Waals surface area contributed by atoms with Crippen LogP contribution in [-0.4, -0.2) is 26.8 Å². The lowest BCUT2D eigenvalue weighted by Gasteiger charge is -2.13. The van der Waals surface area contributed by atoms with E-state index in [1.807, 2.05) is 48.5 Å². The van der Waals surface area contributed by atoms with Crippen LogP contribution in [0.1, 0.15) is 0 Å². The summed E-state index contributed by atoms with van der Waals surface area (Å²) in [5.41, 5.74) is 2.56. The molecule has 0 atom stereocenters. The van der Waals surface area contributed by atoms with Gasteiger partial charge < -0.3 is 4.74 Å². The molecule has 1 aromatic heterocycles. The highest BCUT2D eigenvalue weighted by atomic mass is 19.1. The molecule has 0 spiro atoms. The Morgan fingerprint density at radius 3 is 2.36 bits per heavy atom. The molecule has 0 aliphatic carbocycles. The SMILES string of the molecule is N#CCOc1ccccc1-c1ccccc1-c1nnnn1-c1ccccc1F. The fourth-order valence-corrected chi connectivity index (χ4v) is 2.98. The van der Waals surface area contributed by atoms with Crippen molar-refractivity contribution in [3.63, 3.8) is 0 Å². The van der Waals surface area contributed by atoms with E-state index in [-0.39, 0.29) is 12.3 Å². The lowest BCUT2D eigenvalue weighted by atomic mass is 9.98. The number of benzene rings is 3. The minimum absolute atomic E-state index is 0.0633. The summed E-state index contributed by atoms with van der Waals surface area (Å²) in [6.45, 7) is -0.0633. The fourth-order valence-electron chi connectivity index (χ4n) is 2.98. The number of nitriles is 1. The van der Waals surface area contributed by atoms with Gasteiger partial charge in [0.2, 0.25) is 0 Å². The van der Waals surface area contributed by atoms with Crippen LogP contribution in [0.5, 0.6) is 5.75 Å². The molecule has 3 aromatic carbocycles. The molecule has 4 aromatic rings. The minimum Gasteiger partial charge on any atom is -0.478 e. The zero-order valence-electron chi connectivity index (χ0n) is 14.7. The van der Waals surface area contributed by atoms with Gasteiger partial charge in [-0.25, -0.2) is 4.39 Å². The van der Waals surface area contributed by atoms with Gasteiger partial charge in [-0.3, -0.25) is 0 Å². The molecular weight excluding hydrogens is 357 g/mol. The number of tetrazole rings is 1. The first-order chi connectivity index (χ1) is 13.8. The first-order valence-electron chi connectivity index (χ1n) is 8.51. The van der Waals surface area contributed by atoms with Crippen LogP contribution in [-0.2, 0) is 0 Å². The summed E-state index contributed by atoms with van der Waals surface area (Å²) >= 11 is 0. The normalized spacial score (nSPS) is 10.4. The molecule has 7 heteroatoms. The van der Waals surface area contributed by atoms with Gasteiger partial charge in [0, 0.05) is 11.1 Å². The Kier molecular flexibility index (Phi) is 4.76. The van der Waals surface area contributed by atoms with E-state index in [0.717, 1.165) is 11.1 Å². The molecule has 0 N–H and O–H groups in total. The van der Waals surface area contributed by atoms with Crippen molar-refractivity contribution in [3.05, 3.63) is 78.6 Å². The van der Waals surface area contributed by atoms with Crippen LogP contribution < -0.4 is 4.74 Å². The van der Waals surface area contributed by atoms with Gasteiger partial charge in [-0.1, -0.05) is 54.6 Å². The topological polar surface area (TPSA) is 76.6 Å². The van der Waals surface area contributed by atoms with Gasteiger partial charge in [-0.15, -0.1) is 5.10 Å². The van der Waals surface area contributed by atoms with Gasteiger partial charge in [-0.05, 0) is 34.2 Å². The average molecular weight is 371 g/mol. The lowest BCUT2D eigenvalue weighted by molar-refractivity contribution is 0.369. The molecule has 0 aliphatic rings. The van der Waals surface area contributed by atoms with Crippen LogP contribution in [0.2, 0.25) is 0 Å². The van der Waals surface area contributed by atoms with Crippen LogP contribution in [0.25, 0.3) is 28.2 Å². The van der Waals surface area contributed by atoms with E-state index >= 15 is 0 Å².